The van der Waals surface area contributed by atoms with Crippen LogP contribution in [0.15, 0.2) is 53.6 Å². The van der Waals surface area contributed by atoms with Gasteiger partial charge < -0.3 is 9.47 Å². The highest BCUT2D eigenvalue weighted by Crippen LogP contribution is 2.38. The number of methoxy groups -OCH3 is 1. The topological polar surface area (TPSA) is 65.5 Å². The molecule has 0 atom stereocenters. The molecule has 124 valence electrons. The SMILES string of the molecule is COc1ccc2nc(S(C)(=O)=O)ccc2c1Oc1ccc(F)cc1. The van der Waals surface area contributed by atoms with Crippen LogP contribution in [0.1, 0.15) is 0 Å². The van der Waals surface area contributed by atoms with Gasteiger partial charge in [-0.25, -0.2) is 17.8 Å². The van der Waals surface area contributed by atoms with E-state index in [1.807, 2.05) is 0 Å². The fourth-order valence-electron chi connectivity index (χ4n) is 2.23. The second-order valence-electron chi connectivity index (χ2n) is 5.14. The number of hydrogen-bond acceptors (Lipinski definition) is 5. The molecule has 0 aliphatic carbocycles. The van der Waals surface area contributed by atoms with E-state index >= 15 is 0 Å². The molecule has 0 aliphatic rings. The Kier molecular flexibility index (Phi) is 4.11. The Morgan fingerprint density at radius 1 is 1.00 bits per heavy atom. The van der Waals surface area contributed by atoms with E-state index in [1.165, 1.54) is 37.4 Å². The third kappa shape index (κ3) is 3.16. The maximum atomic E-state index is 13.0. The van der Waals surface area contributed by atoms with Gasteiger partial charge in [-0.2, -0.15) is 0 Å². The highest BCUT2D eigenvalue weighted by atomic mass is 32.2. The van der Waals surface area contributed by atoms with Gasteiger partial charge in [-0.1, -0.05) is 0 Å². The van der Waals surface area contributed by atoms with Crippen molar-refractivity contribution in [1.82, 2.24) is 4.98 Å². The van der Waals surface area contributed by atoms with E-state index in [-0.39, 0.29) is 10.8 Å². The zero-order valence-corrected chi connectivity index (χ0v) is 13.8. The Morgan fingerprint density at radius 3 is 2.33 bits per heavy atom. The molecule has 0 unspecified atom stereocenters. The summed E-state index contributed by atoms with van der Waals surface area (Å²) < 4.78 is 47.5. The molecule has 5 nitrogen and oxygen atoms in total. The lowest BCUT2D eigenvalue weighted by Crippen LogP contribution is -2.01. The molecular formula is C17H14FNO4S. The largest absolute Gasteiger partial charge is 0.493 e. The normalized spacial score (nSPS) is 11.5. The van der Waals surface area contributed by atoms with E-state index < -0.39 is 9.84 Å². The molecule has 24 heavy (non-hydrogen) atoms. The number of pyridine rings is 1. The number of nitrogens with zero attached hydrogens (tertiary/aromatic N) is 1. The molecule has 0 fully saturated rings. The van der Waals surface area contributed by atoms with Crippen LogP contribution in [0.2, 0.25) is 0 Å². The molecule has 0 bridgehead atoms. The van der Waals surface area contributed by atoms with Crippen LogP contribution >= 0.6 is 0 Å². The molecule has 3 rings (SSSR count). The Hall–Kier alpha value is -2.67. The zero-order valence-electron chi connectivity index (χ0n) is 13.0. The van der Waals surface area contributed by atoms with E-state index in [0.717, 1.165) is 6.26 Å². The van der Waals surface area contributed by atoms with Crippen molar-refractivity contribution in [2.75, 3.05) is 13.4 Å². The summed E-state index contributed by atoms with van der Waals surface area (Å²) in [6, 6.07) is 11.9. The predicted molar refractivity (Wildman–Crippen MR) is 87.9 cm³/mol. The Morgan fingerprint density at radius 2 is 1.71 bits per heavy atom. The molecule has 0 amide bonds. The van der Waals surface area contributed by atoms with Crippen LogP contribution in [0.4, 0.5) is 4.39 Å². The van der Waals surface area contributed by atoms with Gasteiger partial charge >= 0.3 is 0 Å². The van der Waals surface area contributed by atoms with Crippen LogP contribution in [0.3, 0.4) is 0 Å². The lowest BCUT2D eigenvalue weighted by Gasteiger charge is -2.13. The number of rotatable bonds is 4. The van der Waals surface area contributed by atoms with Crippen molar-refractivity contribution in [2.24, 2.45) is 0 Å². The predicted octanol–water partition coefficient (Wildman–Crippen LogP) is 3.58. The van der Waals surface area contributed by atoms with Crippen molar-refractivity contribution in [3.63, 3.8) is 0 Å². The van der Waals surface area contributed by atoms with Crippen molar-refractivity contribution < 1.29 is 22.3 Å². The molecule has 3 aromatic rings. The highest BCUT2D eigenvalue weighted by molar-refractivity contribution is 7.90. The first kappa shape index (κ1) is 16.2. The first-order valence-electron chi connectivity index (χ1n) is 7.00. The monoisotopic (exact) mass is 347 g/mol. The first-order chi connectivity index (χ1) is 11.4. The molecule has 0 spiro atoms. The van der Waals surface area contributed by atoms with Gasteiger partial charge in [0.15, 0.2) is 26.4 Å². The maximum absolute atomic E-state index is 13.0. The van der Waals surface area contributed by atoms with Gasteiger partial charge in [0.25, 0.3) is 0 Å². The first-order valence-corrected chi connectivity index (χ1v) is 8.89. The minimum atomic E-state index is -3.41. The van der Waals surface area contributed by atoms with Gasteiger partial charge in [0, 0.05) is 11.6 Å². The minimum absolute atomic E-state index is 0.0205. The summed E-state index contributed by atoms with van der Waals surface area (Å²) in [7, 11) is -1.91. The quantitative estimate of drug-likeness (QED) is 0.722. The van der Waals surface area contributed by atoms with Crippen LogP contribution in [0.25, 0.3) is 10.9 Å². The van der Waals surface area contributed by atoms with Crippen LogP contribution in [-0.2, 0) is 9.84 Å². The van der Waals surface area contributed by atoms with Crippen molar-refractivity contribution in [1.29, 1.82) is 0 Å². The smallest absolute Gasteiger partial charge is 0.192 e. The van der Waals surface area contributed by atoms with Crippen molar-refractivity contribution >= 4 is 20.7 Å². The van der Waals surface area contributed by atoms with Crippen LogP contribution in [0.5, 0.6) is 17.2 Å². The summed E-state index contributed by atoms with van der Waals surface area (Å²) in [5.74, 6) is 0.899. The molecular weight excluding hydrogens is 333 g/mol. The van der Waals surface area contributed by atoms with Crippen molar-refractivity contribution in [3.05, 3.63) is 54.3 Å². The second kappa shape index (κ2) is 6.09. The molecule has 7 heteroatoms. The number of sulfone groups is 1. The van der Waals surface area contributed by atoms with Gasteiger partial charge in [-0.05, 0) is 48.5 Å². The molecule has 1 heterocycles. The number of aromatic nitrogens is 1. The van der Waals surface area contributed by atoms with Gasteiger partial charge in [0.2, 0.25) is 0 Å². The highest BCUT2D eigenvalue weighted by Gasteiger charge is 2.15. The zero-order chi connectivity index (χ0) is 17.3. The minimum Gasteiger partial charge on any atom is -0.493 e. The molecule has 0 N–H and O–H groups in total. The summed E-state index contributed by atoms with van der Waals surface area (Å²) in [6.45, 7) is 0. The van der Waals surface area contributed by atoms with E-state index in [2.05, 4.69) is 4.98 Å². The number of fused-ring (bicyclic) bond motifs is 1. The fraction of sp³-hybridized carbons (Fsp3) is 0.118. The standard InChI is InChI=1S/C17H14FNO4S/c1-22-15-9-8-14-13(7-10-16(19-14)24(2,20)21)17(15)23-12-5-3-11(18)4-6-12/h3-10H,1-2H3. The summed E-state index contributed by atoms with van der Waals surface area (Å²) in [4.78, 5) is 4.15. The van der Waals surface area contributed by atoms with Gasteiger partial charge in [0.05, 0.1) is 12.6 Å². The molecule has 1 aromatic heterocycles. The van der Waals surface area contributed by atoms with Gasteiger partial charge in [-0.3, -0.25) is 0 Å². The van der Waals surface area contributed by atoms with E-state index in [4.69, 9.17) is 9.47 Å². The maximum Gasteiger partial charge on any atom is 0.192 e. The molecule has 2 aromatic carbocycles. The average Bonchev–Trinajstić information content (AvgIpc) is 2.56. The van der Waals surface area contributed by atoms with E-state index in [9.17, 15) is 12.8 Å². The van der Waals surface area contributed by atoms with E-state index in [0.29, 0.717) is 28.2 Å². The third-order valence-corrected chi connectivity index (χ3v) is 4.38. The summed E-state index contributed by atoms with van der Waals surface area (Å²) in [5.41, 5.74) is 0.454. The Balaban J connectivity index is 2.15. The van der Waals surface area contributed by atoms with Crippen molar-refractivity contribution in [3.8, 4) is 17.2 Å². The van der Waals surface area contributed by atoms with Crippen molar-refractivity contribution in [2.45, 2.75) is 5.03 Å². The number of ether oxygens (including phenoxy) is 2. The fourth-order valence-corrected chi connectivity index (χ4v) is 2.81. The van der Waals surface area contributed by atoms with Gasteiger partial charge in [-0.15, -0.1) is 0 Å². The lowest BCUT2D eigenvalue weighted by molar-refractivity contribution is 0.381. The average molecular weight is 347 g/mol. The second-order valence-corrected chi connectivity index (χ2v) is 7.10. The number of hydrogen-bond donors (Lipinski definition) is 0. The molecule has 0 saturated heterocycles. The summed E-state index contributed by atoms with van der Waals surface area (Å²) in [5, 5.41) is 0.568. The lowest BCUT2D eigenvalue weighted by atomic mass is 10.2. The van der Waals surface area contributed by atoms with Gasteiger partial charge in [0.1, 0.15) is 11.6 Å². The third-order valence-electron chi connectivity index (χ3n) is 3.39. The molecule has 0 radical (unpaired) electrons. The number of benzene rings is 2. The number of halogens is 1. The molecule has 0 aliphatic heterocycles. The summed E-state index contributed by atoms with van der Waals surface area (Å²) in [6.07, 6.45) is 1.10. The molecule has 0 saturated carbocycles. The Labute approximate surface area is 138 Å². The van der Waals surface area contributed by atoms with E-state index in [1.54, 1.807) is 18.2 Å². The summed E-state index contributed by atoms with van der Waals surface area (Å²) >= 11 is 0. The van der Waals surface area contributed by atoms with Crippen LogP contribution < -0.4 is 9.47 Å². The Bertz CT molecular complexity index is 1000. The van der Waals surface area contributed by atoms with Crippen LogP contribution in [-0.4, -0.2) is 26.8 Å². The van der Waals surface area contributed by atoms with Crippen LogP contribution in [0, 0.1) is 5.82 Å².